The molecule has 3 unspecified atom stereocenters. The number of hydrogen-bond acceptors (Lipinski definition) is 12. The molecule has 0 aromatic heterocycles. The Balaban J connectivity index is 0.00000188. The number of unbranched alkanes of at least 4 members (excludes halogenated alkanes) is 1. The van der Waals surface area contributed by atoms with Gasteiger partial charge in [0.25, 0.3) is 0 Å². The third-order valence-corrected chi connectivity index (χ3v) is 8.10. The van der Waals surface area contributed by atoms with E-state index in [9.17, 15) is 29.2 Å². The van der Waals surface area contributed by atoms with Crippen molar-refractivity contribution in [1.29, 1.82) is 5.26 Å². The number of likely N-dealkylation sites (N-methyl/N-ethyl adjacent to an activating group) is 1. The van der Waals surface area contributed by atoms with E-state index in [-0.39, 0.29) is 51.6 Å². The molecule has 0 spiro atoms. The van der Waals surface area contributed by atoms with Crippen LogP contribution in [0.5, 0.6) is 11.5 Å². The first-order valence-electron chi connectivity index (χ1n) is 18.0. The van der Waals surface area contributed by atoms with Crippen LogP contribution in [0, 0.1) is 11.3 Å². The maximum Gasteiger partial charge on any atom is 0.247 e. The molecule has 2 aromatic carbocycles. The first-order chi connectivity index (χ1) is 25.9. The first kappa shape index (κ1) is 44.9. The van der Waals surface area contributed by atoms with Crippen molar-refractivity contribution < 1.29 is 33.4 Å². The molecule has 0 radical (unpaired) electrons. The van der Waals surface area contributed by atoms with Crippen molar-refractivity contribution in [3.05, 3.63) is 47.5 Å². The van der Waals surface area contributed by atoms with Gasteiger partial charge >= 0.3 is 0 Å². The number of carbonyl (C=O) groups excluding carboxylic acids is 5. The fourth-order valence-electron chi connectivity index (χ4n) is 5.26. The average Bonchev–Trinajstić information content (AvgIpc) is 3.17. The minimum atomic E-state index is -1.26. The van der Waals surface area contributed by atoms with Crippen LogP contribution in [0.1, 0.15) is 50.3 Å². The number of hydrogen-bond donors (Lipinski definition) is 8. The average molecular weight is 753 g/mol. The van der Waals surface area contributed by atoms with Gasteiger partial charge in [-0.1, -0.05) is 25.5 Å². The molecule has 0 saturated heterocycles. The number of nitriles is 1. The Morgan fingerprint density at radius 2 is 1.67 bits per heavy atom. The number of amides is 5. The van der Waals surface area contributed by atoms with Crippen molar-refractivity contribution in [2.24, 2.45) is 17.2 Å². The predicted octanol–water partition coefficient (Wildman–Crippen LogP) is -0.816. The monoisotopic (exact) mass is 752 g/mol. The van der Waals surface area contributed by atoms with Gasteiger partial charge in [-0.15, -0.1) is 0 Å². The van der Waals surface area contributed by atoms with Crippen molar-refractivity contribution in [2.45, 2.75) is 57.7 Å². The van der Waals surface area contributed by atoms with Gasteiger partial charge < -0.3 is 58.2 Å². The van der Waals surface area contributed by atoms with Gasteiger partial charge in [0.2, 0.25) is 29.5 Å². The Morgan fingerprint density at radius 3 is 2.24 bits per heavy atom. The highest BCUT2D eigenvalue weighted by molar-refractivity contribution is 5.94. The number of carbonyl (C=O) groups is 5. The maximum absolute atomic E-state index is 13.8. The van der Waals surface area contributed by atoms with Crippen molar-refractivity contribution in [1.82, 2.24) is 31.5 Å². The summed E-state index contributed by atoms with van der Waals surface area (Å²) in [6.45, 7) is 4.81. The van der Waals surface area contributed by atoms with Gasteiger partial charge in [-0.25, -0.2) is 0 Å². The van der Waals surface area contributed by atoms with E-state index in [1.165, 1.54) is 31.7 Å². The molecule has 1 heterocycles. The zero-order chi connectivity index (χ0) is 40.0. The molecule has 4 bridgehead atoms. The molecule has 296 valence electrons. The molecule has 0 saturated carbocycles. The van der Waals surface area contributed by atoms with Gasteiger partial charge in [-0.05, 0) is 62.3 Å². The molecule has 0 aliphatic carbocycles. The van der Waals surface area contributed by atoms with Crippen LogP contribution < -0.4 is 53.3 Å². The molecule has 11 N–H and O–H groups in total. The summed E-state index contributed by atoms with van der Waals surface area (Å²) in [7, 11) is 3.12. The van der Waals surface area contributed by atoms with E-state index >= 15 is 0 Å². The van der Waals surface area contributed by atoms with Gasteiger partial charge in [-0.3, -0.25) is 24.0 Å². The van der Waals surface area contributed by atoms with Crippen LogP contribution in [0.25, 0.3) is 11.1 Å². The van der Waals surface area contributed by atoms with Crippen molar-refractivity contribution in [3.8, 4) is 28.7 Å². The number of nitrogens with two attached hydrogens (primary N) is 3. The summed E-state index contributed by atoms with van der Waals surface area (Å²) in [6, 6.07) is 8.92. The molecule has 17 heteroatoms. The molecule has 2 aromatic rings. The normalized spacial score (nSPS) is 15.7. The molecule has 0 fully saturated rings. The van der Waals surface area contributed by atoms with E-state index in [0.29, 0.717) is 40.3 Å². The molecule has 5 amide bonds. The van der Waals surface area contributed by atoms with Gasteiger partial charge in [0.05, 0.1) is 19.2 Å². The van der Waals surface area contributed by atoms with Crippen molar-refractivity contribution in [2.75, 3.05) is 66.6 Å². The highest BCUT2D eigenvalue weighted by Crippen LogP contribution is 2.40. The summed E-state index contributed by atoms with van der Waals surface area (Å²) in [5.74, 6) is -2.04. The van der Waals surface area contributed by atoms with Gasteiger partial charge in [0.1, 0.15) is 42.8 Å². The lowest BCUT2D eigenvalue weighted by Crippen LogP contribution is -2.52. The number of ether oxygens (including phenoxy) is 2. The Kier molecular flexibility index (Phi) is 20.0. The molecule has 3 atom stereocenters. The Labute approximate surface area is 317 Å². The SMILES string of the molecule is CCCCN.CNCCC(=O)NCC(=O)N(C)C1C(=O)NCC(=O)NC(C(=O)NC(C)C#N)Cc2ccc(OCCN)c(c2)-c2cc1ccc2OCCN. The van der Waals surface area contributed by atoms with Crippen LogP contribution >= 0.6 is 0 Å². The Morgan fingerprint density at radius 1 is 1.02 bits per heavy atom. The molecule has 1 aliphatic heterocycles. The van der Waals surface area contributed by atoms with Crippen LogP contribution in [-0.2, 0) is 30.4 Å². The number of nitrogens with zero attached hydrogens (tertiary/aromatic N) is 2. The second-order valence-electron chi connectivity index (χ2n) is 12.4. The summed E-state index contributed by atoms with van der Waals surface area (Å²) >= 11 is 0. The third kappa shape index (κ3) is 14.3. The fourth-order valence-corrected chi connectivity index (χ4v) is 5.26. The molecule has 1 aliphatic rings. The highest BCUT2D eigenvalue weighted by atomic mass is 16.5. The van der Waals surface area contributed by atoms with Crippen molar-refractivity contribution in [3.63, 3.8) is 0 Å². The van der Waals surface area contributed by atoms with E-state index in [4.69, 9.17) is 26.7 Å². The molecule has 3 rings (SSSR count). The van der Waals surface area contributed by atoms with Crippen LogP contribution in [0.3, 0.4) is 0 Å². The zero-order valence-electron chi connectivity index (χ0n) is 31.7. The summed E-state index contributed by atoms with van der Waals surface area (Å²) in [6.07, 6.45) is 2.57. The fraction of sp³-hybridized carbons (Fsp3) is 0.514. The topological polar surface area (TPSA) is 269 Å². The number of rotatable bonds is 16. The Bertz CT molecular complexity index is 1600. The largest absolute Gasteiger partial charge is 0.492 e. The minimum Gasteiger partial charge on any atom is -0.492 e. The summed E-state index contributed by atoms with van der Waals surface area (Å²) in [4.78, 5) is 66.9. The summed E-state index contributed by atoms with van der Waals surface area (Å²) < 4.78 is 12.0. The van der Waals surface area contributed by atoms with Gasteiger partial charge in [0, 0.05) is 50.7 Å². The van der Waals surface area contributed by atoms with E-state index in [1.807, 2.05) is 6.07 Å². The number of fused-ring (bicyclic) bond motifs is 5. The lowest BCUT2D eigenvalue weighted by atomic mass is 9.93. The predicted molar refractivity (Wildman–Crippen MR) is 204 cm³/mol. The first-order valence-corrected chi connectivity index (χ1v) is 18.0. The van der Waals surface area contributed by atoms with E-state index in [1.54, 1.807) is 43.4 Å². The lowest BCUT2D eigenvalue weighted by Gasteiger charge is -2.29. The second kappa shape index (κ2) is 24.1. The second-order valence-corrected chi connectivity index (χ2v) is 12.4. The van der Waals surface area contributed by atoms with E-state index in [0.717, 1.165) is 6.54 Å². The third-order valence-electron chi connectivity index (χ3n) is 8.10. The van der Waals surface area contributed by atoms with E-state index in [2.05, 4.69) is 33.5 Å². The van der Waals surface area contributed by atoms with E-state index < -0.39 is 48.3 Å². The van der Waals surface area contributed by atoms with Gasteiger partial charge in [-0.2, -0.15) is 5.26 Å². The Hall–Kier alpha value is -5.28. The smallest absolute Gasteiger partial charge is 0.247 e. The molecular weight excluding hydrogens is 696 g/mol. The highest BCUT2D eigenvalue weighted by Gasteiger charge is 2.31. The number of benzene rings is 2. The molecule has 54 heavy (non-hydrogen) atoms. The van der Waals surface area contributed by atoms with Crippen LogP contribution in [0.4, 0.5) is 0 Å². The molecular formula is C37H56N10O7. The number of nitrogens with one attached hydrogen (secondary N) is 5. The lowest BCUT2D eigenvalue weighted by molar-refractivity contribution is -0.140. The summed E-state index contributed by atoms with van der Waals surface area (Å²) in [5, 5.41) is 22.5. The van der Waals surface area contributed by atoms with Crippen molar-refractivity contribution >= 4 is 29.5 Å². The molecule has 17 nitrogen and oxygen atoms in total. The standard InChI is InChI=1S/C33H45N9O7.C4H11N/c1-20(17-36)40-32(46)25-15-21-4-6-26(48-12-9-34)23(14-21)24-16-22(5-7-27(24)49-13-10-35)31(33(47)39-18-29(44)41-25)42(3)30(45)19-38-28(43)8-11-37-2;1-2-3-4-5/h4-7,14,16,20,25,31,37H,8-13,15,18-19,34-35H2,1-3H3,(H,38,43)(H,39,47)(H,40,46)(H,41,44);2-5H2,1H3. The van der Waals surface area contributed by atoms with Gasteiger partial charge in [0.15, 0.2) is 0 Å². The zero-order valence-corrected chi connectivity index (χ0v) is 31.7. The maximum atomic E-state index is 13.8. The van der Waals surface area contributed by atoms with Crippen LogP contribution in [0.15, 0.2) is 36.4 Å². The van der Waals surface area contributed by atoms with Crippen LogP contribution in [0.2, 0.25) is 0 Å². The van der Waals surface area contributed by atoms with Crippen LogP contribution in [-0.4, -0.2) is 113 Å². The quantitative estimate of drug-likeness (QED) is 0.105. The minimum absolute atomic E-state index is 0.0341. The summed E-state index contributed by atoms with van der Waals surface area (Å²) in [5.41, 5.74) is 18.7.